The zero-order valence-corrected chi connectivity index (χ0v) is 15.0. The molecule has 3 aromatic carbocycles. The molecule has 25 heavy (non-hydrogen) atoms. The Bertz CT molecular complexity index is 827. The fraction of sp³-hybridized carbons (Fsp3) is 0.0952. The van der Waals surface area contributed by atoms with Crippen LogP contribution in [0.1, 0.15) is 5.56 Å². The number of hydrogen-bond donors (Lipinski definition) is 1. The SMILES string of the molecule is O=C(O)[C@@H](Cc1ccc(Br)cc1)Oc1ccc(-c2ccccc2)cc1. The van der Waals surface area contributed by atoms with Crippen LogP contribution in [0.5, 0.6) is 5.75 Å². The van der Waals surface area contributed by atoms with Crippen LogP contribution in [0.15, 0.2) is 83.3 Å². The quantitative estimate of drug-likeness (QED) is 0.623. The third-order valence-electron chi connectivity index (χ3n) is 3.85. The number of carboxylic acid groups (broad SMARTS) is 1. The number of carbonyl (C=O) groups is 1. The topological polar surface area (TPSA) is 46.5 Å². The normalized spacial score (nSPS) is 11.7. The summed E-state index contributed by atoms with van der Waals surface area (Å²) in [5, 5.41) is 9.45. The molecule has 3 rings (SSSR count). The predicted octanol–water partition coefficient (Wildman–Crippen LogP) is 5.19. The number of ether oxygens (including phenoxy) is 1. The van der Waals surface area contributed by atoms with Crippen molar-refractivity contribution in [1.82, 2.24) is 0 Å². The summed E-state index contributed by atoms with van der Waals surface area (Å²) in [7, 11) is 0. The van der Waals surface area contributed by atoms with Gasteiger partial charge in [0.05, 0.1) is 0 Å². The molecule has 0 spiro atoms. The summed E-state index contributed by atoms with van der Waals surface area (Å²) in [5.74, 6) is -0.431. The predicted molar refractivity (Wildman–Crippen MR) is 102 cm³/mol. The van der Waals surface area contributed by atoms with Crippen LogP contribution in [0.2, 0.25) is 0 Å². The van der Waals surface area contributed by atoms with E-state index < -0.39 is 12.1 Å². The molecular weight excluding hydrogens is 380 g/mol. The van der Waals surface area contributed by atoms with Crippen molar-refractivity contribution < 1.29 is 14.6 Å². The number of carboxylic acids is 1. The summed E-state index contributed by atoms with van der Waals surface area (Å²) < 4.78 is 6.65. The first-order chi connectivity index (χ1) is 12.1. The van der Waals surface area contributed by atoms with Crippen molar-refractivity contribution in [2.24, 2.45) is 0 Å². The highest BCUT2D eigenvalue weighted by Gasteiger charge is 2.20. The van der Waals surface area contributed by atoms with Crippen LogP contribution >= 0.6 is 15.9 Å². The van der Waals surface area contributed by atoms with E-state index in [1.807, 2.05) is 66.7 Å². The maximum atomic E-state index is 11.5. The minimum atomic E-state index is -0.977. The highest BCUT2D eigenvalue weighted by atomic mass is 79.9. The van der Waals surface area contributed by atoms with Gasteiger partial charge in [0.25, 0.3) is 0 Å². The smallest absolute Gasteiger partial charge is 0.345 e. The highest BCUT2D eigenvalue weighted by Crippen LogP contribution is 2.23. The van der Waals surface area contributed by atoms with Crippen LogP contribution in [0, 0.1) is 0 Å². The Morgan fingerprint density at radius 3 is 2.08 bits per heavy atom. The summed E-state index contributed by atoms with van der Waals surface area (Å²) >= 11 is 3.37. The van der Waals surface area contributed by atoms with Crippen molar-refractivity contribution in [2.75, 3.05) is 0 Å². The van der Waals surface area contributed by atoms with Crippen LogP contribution in [-0.2, 0) is 11.2 Å². The van der Waals surface area contributed by atoms with Gasteiger partial charge in [-0.05, 0) is 41.0 Å². The van der Waals surface area contributed by atoms with Gasteiger partial charge < -0.3 is 9.84 Å². The molecule has 0 aliphatic heterocycles. The van der Waals surface area contributed by atoms with Crippen molar-refractivity contribution in [3.63, 3.8) is 0 Å². The Labute approximate surface area is 155 Å². The summed E-state index contributed by atoms with van der Waals surface area (Å²) in [5.41, 5.74) is 3.09. The second kappa shape index (κ2) is 7.99. The first-order valence-electron chi connectivity index (χ1n) is 7.91. The molecule has 0 aromatic heterocycles. The van der Waals surface area contributed by atoms with E-state index in [-0.39, 0.29) is 0 Å². The molecule has 0 bridgehead atoms. The standard InChI is InChI=1S/C21H17BrO3/c22-18-10-6-15(7-11-18)14-20(21(23)24)25-19-12-8-17(9-13-19)16-4-2-1-3-5-16/h1-13,20H,14H2,(H,23,24)/t20-/m1/s1. The lowest BCUT2D eigenvalue weighted by atomic mass is 10.1. The van der Waals surface area contributed by atoms with Gasteiger partial charge in [0.2, 0.25) is 0 Å². The Hall–Kier alpha value is -2.59. The lowest BCUT2D eigenvalue weighted by Gasteiger charge is -2.15. The largest absolute Gasteiger partial charge is 0.478 e. The molecular formula is C21H17BrO3. The Morgan fingerprint density at radius 2 is 1.48 bits per heavy atom. The van der Waals surface area contributed by atoms with Crippen molar-refractivity contribution in [3.05, 3.63) is 88.9 Å². The summed E-state index contributed by atoms with van der Waals surface area (Å²) in [6.45, 7) is 0. The van der Waals surface area contributed by atoms with Gasteiger partial charge in [-0.3, -0.25) is 0 Å². The van der Waals surface area contributed by atoms with Gasteiger partial charge in [0, 0.05) is 10.9 Å². The van der Waals surface area contributed by atoms with Gasteiger partial charge in [-0.1, -0.05) is 70.5 Å². The first-order valence-corrected chi connectivity index (χ1v) is 8.70. The maximum Gasteiger partial charge on any atom is 0.345 e. The maximum absolute atomic E-state index is 11.5. The van der Waals surface area contributed by atoms with Crippen LogP contribution < -0.4 is 4.74 Å². The molecule has 1 atom stereocenters. The Balaban J connectivity index is 1.72. The van der Waals surface area contributed by atoms with Gasteiger partial charge in [-0.2, -0.15) is 0 Å². The van der Waals surface area contributed by atoms with E-state index in [2.05, 4.69) is 15.9 Å². The molecule has 1 N–H and O–H groups in total. The van der Waals surface area contributed by atoms with Crippen LogP contribution in [-0.4, -0.2) is 17.2 Å². The second-order valence-electron chi connectivity index (χ2n) is 5.67. The molecule has 0 radical (unpaired) electrons. The molecule has 0 heterocycles. The second-order valence-corrected chi connectivity index (χ2v) is 6.58. The van der Waals surface area contributed by atoms with E-state index in [4.69, 9.17) is 4.74 Å². The number of hydrogen-bond acceptors (Lipinski definition) is 2. The number of halogens is 1. The fourth-order valence-electron chi connectivity index (χ4n) is 2.53. The molecule has 3 aromatic rings. The Kier molecular flexibility index (Phi) is 5.51. The average Bonchev–Trinajstić information content (AvgIpc) is 2.64. The minimum Gasteiger partial charge on any atom is -0.478 e. The van der Waals surface area contributed by atoms with Crippen molar-refractivity contribution in [1.29, 1.82) is 0 Å². The summed E-state index contributed by atoms with van der Waals surface area (Å²) in [6, 6.07) is 25.0. The highest BCUT2D eigenvalue weighted by molar-refractivity contribution is 9.10. The third kappa shape index (κ3) is 4.70. The van der Waals surface area contributed by atoms with Crippen LogP contribution in [0.3, 0.4) is 0 Å². The average molecular weight is 397 g/mol. The molecule has 0 aliphatic rings. The monoisotopic (exact) mass is 396 g/mol. The van der Waals surface area contributed by atoms with Gasteiger partial charge >= 0.3 is 5.97 Å². The fourth-order valence-corrected chi connectivity index (χ4v) is 2.80. The van der Waals surface area contributed by atoms with Gasteiger partial charge in [-0.15, -0.1) is 0 Å². The first kappa shape index (κ1) is 17.2. The van der Waals surface area contributed by atoms with Crippen LogP contribution in [0.25, 0.3) is 11.1 Å². The van der Waals surface area contributed by atoms with E-state index in [0.29, 0.717) is 12.2 Å². The molecule has 0 amide bonds. The molecule has 126 valence electrons. The van der Waals surface area contributed by atoms with Crippen molar-refractivity contribution >= 4 is 21.9 Å². The molecule has 0 unspecified atom stereocenters. The van der Waals surface area contributed by atoms with E-state index in [1.165, 1.54) is 0 Å². The van der Waals surface area contributed by atoms with E-state index >= 15 is 0 Å². The number of aliphatic carboxylic acids is 1. The van der Waals surface area contributed by atoms with Crippen molar-refractivity contribution in [3.8, 4) is 16.9 Å². The zero-order valence-electron chi connectivity index (χ0n) is 13.4. The van der Waals surface area contributed by atoms with E-state index in [0.717, 1.165) is 21.2 Å². The van der Waals surface area contributed by atoms with E-state index in [1.54, 1.807) is 12.1 Å². The molecule has 3 nitrogen and oxygen atoms in total. The van der Waals surface area contributed by atoms with Crippen LogP contribution in [0.4, 0.5) is 0 Å². The van der Waals surface area contributed by atoms with Gasteiger partial charge in [0.15, 0.2) is 6.10 Å². The van der Waals surface area contributed by atoms with Gasteiger partial charge in [-0.25, -0.2) is 4.79 Å². The lowest BCUT2D eigenvalue weighted by molar-refractivity contribution is -0.145. The molecule has 4 heteroatoms. The van der Waals surface area contributed by atoms with E-state index in [9.17, 15) is 9.90 Å². The molecule has 0 aliphatic carbocycles. The Morgan fingerprint density at radius 1 is 0.880 bits per heavy atom. The van der Waals surface area contributed by atoms with Gasteiger partial charge in [0.1, 0.15) is 5.75 Å². The number of benzene rings is 3. The lowest BCUT2D eigenvalue weighted by Crippen LogP contribution is -2.29. The summed E-state index contributed by atoms with van der Waals surface area (Å²) in [4.78, 5) is 11.5. The third-order valence-corrected chi connectivity index (χ3v) is 4.38. The molecule has 0 saturated carbocycles. The minimum absolute atomic E-state index is 0.309. The van der Waals surface area contributed by atoms with Crippen molar-refractivity contribution in [2.45, 2.75) is 12.5 Å². The summed E-state index contributed by atoms with van der Waals surface area (Å²) in [6.07, 6.45) is -0.619. The molecule has 0 saturated heterocycles. The molecule has 0 fully saturated rings. The number of rotatable bonds is 6. The zero-order chi connectivity index (χ0) is 17.6.